The van der Waals surface area contributed by atoms with Crippen LogP contribution in [0.25, 0.3) is 0 Å². The first kappa shape index (κ1) is 5.86. The SMILES string of the molecule is [2H]C([2H])([2H])C([2H])(N)C12CC3CC(CC(O)(C3)C1)C2. The molecule has 80 valence electrons. The van der Waals surface area contributed by atoms with Crippen LogP contribution in [0.15, 0.2) is 0 Å². The Balaban J connectivity index is 2.01. The molecule has 0 radical (unpaired) electrons. The highest BCUT2D eigenvalue weighted by Gasteiger charge is 2.58. The van der Waals surface area contributed by atoms with E-state index < -0.39 is 23.9 Å². The van der Waals surface area contributed by atoms with Gasteiger partial charge < -0.3 is 10.8 Å². The van der Waals surface area contributed by atoms with Crippen LogP contribution >= 0.6 is 0 Å². The lowest BCUT2D eigenvalue weighted by Crippen LogP contribution is -2.60. The lowest BCUT2D eigenvalue weighted by Gasteiger charge is -2.61. The zero-order valence-electron chi connectivity index (χ0n) is 12.4. The monoisotopic (exact) mass is 199 g/mol. The highest BCUT2D eigenvalue weighted by Crippen LogP contribution is 2.62. The third-order valence-corrected chi connectivity index (χ3v) is 4.60. The summed E-state index contributed by atoms with van der Waals surface area (Å²) in [4.78, 5) is 0. The van der Waals surface area contributed by atoms with Crippen molar-refractivity contribution in [2.75, 3.05) is 0 Å². The van der Waals surface area contributed by atoms with Gasteiger partial charge in [-0.15, -0.1) is 0 Å². The molecule has 0 amide bonds. The molecule has 4 aliphatic carbocycles. The van der Waals surface area contributed by atoms with Crippen LogP contribution in [0.1, 0.15) is 50.9 Å². The summed E-state index contributed by atoms with van der Waals surface area (Å²) in [5.74, 6) is 0.707. The minimum atomic E-state index is -2.49. The number of hydrogen-bond donors (Lipinski definition) is 2. The van der Waals surface area contributed by atoms with Crippen molar-refractivity contribution in [1.82, 2.24) is 0 Å². The maximum atomic E-state index is 10.6. The van der Waals surface area contributed by atoms with Gasteiger partial charge in [0, 0.05) is 11.5 Å². The molecule has 3 unspecified atom stereocenters. The van der Waals surface area contributed by atoms with Gasteiger partial charge in [-0.1, -0.05) is 0 Å². The van der Waals surface area contributed by atoms with Crippen molar-refractivity contribution in [3.8, 4) is 0 Å². The van der Waals surface area contributed by atoms with Gasteiger partial charge in [-0.3, -0.25) is 0 Å². The maximum Gasteiger partial charge on any atom is 0.0659 e. The van der Waals surface area contributed by atoms with E-state index in [1.165, 1.54) is 0 Å². The van der Waals surface area contributed by atoms with E-state index in [0.29, 0.717) is 31.1 Å². The van der Waals surface area contributed by atoms with Crippen molar-refractivity contribution in [3.63, 3.8) is 0 Å². The number of nitrogens with two attached hydrogens (primary N) is 1. The van der Waals surface area contributed by atoms with Crippen molar-refractivity contribution in [2.24, 2.45) is 23.0 Å². The van der Waals surface area contributed by atoms with Crippen molar-refractivity contribution < 1.29 is 10.6 Å². The fourth-order valence-electron chi connectivity index (χ4n) is 4.53. The van der Waals surface area contributed by atoms with Crippen LogP contribution in [0.2, 0.25) is 0 Å². The molecule has 0 aromatic carbocycles. The van der Waals surface area contributed by atoms with Crippen LogP contribution < -0.4 is 5.73 Å². The molecule has 3 N–H and O–H groups in total. The topological polar surface area (TPSA) is 46.2 Å². The summed E-state index contributed by atoms with van der Waals surface area (Å²) in [6.45, 7) is -2.49. The van der Waals surface area contributed by atoms with Gasteiger partial charge in [0.05, 0.1) is 5.60 Å². The average molecular weight is 199 g/mol. The molecule has 4 aliphatic rings. The minimum Gasteiger partial charge on any atom is -0.390 e. The van der Waals surface area contributed by atoms with Gasteiger partial charge >= 0.3 is 0 Å². The van der Waals surface area contributed by atoms with Crippen LogP contribution in [-0.4, -0.2) is 16.7 Å². The number of hydrogen-bond acceptors (Lipinski definition) is 2. The Hall–Kier alpha value is -0.0800. The van der Waals surface area contributed by atoms with E-state index in [1.54, 1.807) is 0 Å². The normalized spacial score (nSPS) is 65.0. The molecule has 0 aromatic rings. The quantitative estimate of drug-likeness (QED) is 0.674. The van der Waals surface area contributed by atoms with Gasteiger partial charge in [0.25, 0.3) is 0 Å². The lowest BCUT2D eigenvalue weighted by atomic mass is 9.46. The summed E-state index contributed by atoms with van der Waals surface area (Å²) < 4.78 is 31.0. The minimum absolute atomic E-state index is 0.354. The Morgan fingerprint density at radius 1 is 1.43 bits per heavy atom. The highest BCUT2D eigenvalue weighted by molar-refractivity contribution is 5.10. The van der Waals surface area contributed by atoms with Crippen molar-refractivity contribution in [2.45, 2.75) is 57.0 Å². The Bertz CT molecular complexity index is 365. The van der Waals surface area contributed by atoms with Gasteiger partial charge in [-0.25, -0.2) is 0 Å². The Morgan fingerprint density at radius 3 is 2.57 bits per heavy atom. The molecule has 3 atom stereocenters. The molecule has 4 saturated carbocycles. The Morgan fingerprint density at radius 2 is 2.07 bits per heavy atom. The number of aliphatic hydroxyl groups is 1. The molecule has 0 aliphatic heterocycles. The summed E-state index contributed by atoms with van der Waals surface area (Å²) in [5, 5.41) is 10.6. The summed E-state index contributed by atoms with van der Waals surface area (Å²) in [6.07, 6.45) is 4.39. The standard InChI is InChI=1S/C12H21NO/c1-8(13)11-3-9-2-10(4-11)6-12(14,5-9)7-11/h8-10,14H,2-7,13H2,1H3/i1D3,8D. The molecule has 0 heterocycles. The van der Waals surface area contributed by atoms with Crippen LogP contribution in [-0.2, 0) is 0 Å². The molecule has 4 bridgehead atoms. The van der Waals surface area contributed by atoms with Crippen molar-refractivity contribution in [3.05, 3.63) is 0 Å². The van der Waals surface area contributed by atoms with Crippen LogP contribution in [0.5, 0.6) is 0 Å². The highest BCUT2D eigenvalue weighted by atomic mass is 16.3. The van der Waals surface area contributed by atoms with Gasteiger partial charge in [0.15, 0.2) is 0 Å². The van der Waals surface area contributed by atoms with E-state index in [9.17, 15) is 5.11 Å². The third-order valence-electron chi connectivity index (χ3n) is 4.60. The van der Waals surface area contributed by atoms with Crippen molar-refractivity contribution >= 4 is 0 Å². The second-order valence-electron chi connectivity index (χ2n) is 5.88. The Kier molecular flexibility index (Phi) is 1.06. The van der Waals surface area contributed by atoms with Crippen LogP contribution in [0, 0.1) is 17.3 Å². The van der Waals surface area contributed by atoms with E-state index >= 15 is 0 Å². The first-order valence-electron chi connectivity index (χ1n) is 7.58. The molecule has 0 aromatic heterocycles. The lowest BCUT2D eigenvalue weighted by molar-refractivity contribution is -0.168. The molecule has 2 nitrogen and oxygen atoms in total. The van der Waals surface area contributed by atoms with Crippen LogP contribution in [0.4, 0.5) is 0 Å². The Labute approximate surface area is 91.5 Å². The maximum absolute atomic E-state index is 10.6. The summed E-state index contributed by atoms with van der Waals surface area (Å²) in [6, 6.07) is -1.94. The fraction of sp³-hybridized carbons (Fsp3) is 1.00. The van der Waals surface area contributed by atoms with E-state index in [0.717, 1.165) is 19.3 Å². The summed E-state index contributed by atoms with van der Waals surface area (Å²) >= 11 is 0. The van der Waals surface area contributed by atoms with Crippen molar-refractivity contribution in [1.29, 1.82) is 0 Å². The average Bonchev–Trinajstić information content (AvgIpc) is 2.10. The predicted molar refractivity (Wildman–Crippen MR) is 55.7 cm³/mol. The van der Waals surface area contributed by atoms with Gasteiger partial charge in [0.2, 0.25) is 0 Å². The third kappa shape index (κ3) is 1.10. The largest absolute Gasteiger partial charge is 0.390 e. The molecule has 4 fully saturated rings. The zero-order chi connectivity index (χ0) is 13.4. The van der Waals surface area contributed by atoms with E-state index in [-0.39, 0.29) is 0 Å². The molecule has 4 rings (SSSR count). The first-order chi connectivity index (χ1) is 8.07. The predicted octanol–water partition coefficient (Wildman–Crippen LogP) is 1.66. The van der Waals surface area contributed by atoms with Crippen LogP contribution in [0.3, 0.4) is 0 Å². The molecule has 14 heavy (non-hydrogen) atoms. The van der Waals surface area contributed by atoms with E-state index in [1.807, 2.05) is 0 Å². The second-order valence-corrected chi connectivity index (χ2v) is 5.88. The fourth-order valence-corrected chi connectivity index (χ4v) is 4.53. The van der Waals surface area contributed by atoms with Gasteiger partial charge in [-0.2, -0.15) is 0 Å². The molecule has 0 spiro atoms. The zero-order valence-corrected chi connectivity index (χ0v) is 8.42. The van der Waals surface area contributed by atoms with Gasteiger partial charge in [-0.05, 0) is 62.6 Å². The molecular weight excluding hydrogens is 174 g/mol. The summed E-state index contributed by atoms with van der Waals surface area (Å²) in [7, 11) is 0. The molecule has 0 saturated heterocycles. The van der Waals surface area contributed by atoms with Gasteiger partial charge in [0.1, 0.15) is 0 Å². The number of rotatable bonds is 1. The first-order valence-corrected chi connectivity index (χ1v) is 5.58. The van der Waals surface area contributed by atoms with E-state index in [2.05, 4.69) is 0 Å². The smallest absolute Gasteiger partial charge is 0.0659 e. The molecule has 2 heteroatoms. The molecular formula is C12H21NO. The van der Waals surface area contributed by atoms with E-state index in [4.69, 9.17) is 11.2 Å². The second kappa shape index (κ2) is 2.53. The summed E-state index contributed by atoms with van der Waals surface area (Å²) in [5.41, 5.74) is 4.46.